The molecule has 3 rings (SSSR count). The summed E-state index contributed by atoms with van der Waals surface area (Å²) in [5, 5.41) is 18.1. The Balaban J connectivity index is 1.55. The normalized spacial score (nSPS) is 19.1. The minimum atomic E-state index is -0.872. The molecule has 0 radical (unpaired) electrons. The molecule has 0 aromatic carbocycles. The van der Waals surface area contributed by atoms with Crippen molar-refractivity contribution in [1.29, 1.82) is 0 Å². The Kier molecular flexibility index (Phi) is 4.97. The lowest BCUT2D eigenvalue weighted by Crippen LogP contribution is -2.36. The van der Waals surface area contributed by atoms with Gasteiger partial charge in [0.05, 0.1) is 23.5 Å². The molecule has 1 atom stereocenters. The molecule has 0 aliphatic carbocycles. The van der Waals surface area contributed by atoms with Crippen molar-refractivity contribution in [2.75, 3.05) is 19.6 Å². The van der Waals surface area contributed by atoms with Crippen molar-refractivity contribution < 1.29 is 9.90 Å². The van der Waals surface area contributed by atoms with Crippen LogP contribution in [0.4, 0.5) is 0 Å². The quantitative estimate of drug-likeness (QED) is 0.868. The van der Waals surface area contributed by atoms with Crippen LogP contribution < -0.4 is 0 Å². The lowest BCUT2D eigenvalue weighted by Gasteiger charge is -2.31. The summed E-state index contributed by atoms with van der Waals surface area (Å²) in [6, 6.07) is 1.93. The zero-order valence-corrected chi connectivity index (χ0v) is 13.6. The lowest BCUT2D eigenvalue weighted by molar-refractivity contribution is -0.137. The summed E-state index contributed by atoms with van der Waals surface area (Å²) in [6.45, 7) is 3.66. The van der Waals surface area contributed by atoms with Gasteiger partial charge in [-0.15, -0.1) is 0 Å². The van der Waals surface area contributed by atoms with E-state index in [4.69, 9.17) is 16.7 Å². The number of aromatic nitrogens is 4. The molecule has 7 nitrogen and oxygen atoms in total. The highest BCUT2D eigenvalue weighted by molar-refractivity contribution is 6.30. The van der Waals surface area contributed by atoms with Crippen molar-refractivity contribution in [3.8, 4) is 0 Å². The van der Waals surface area contributed by atoms with Crippen molar-refractivity contribution in [2.24, 2.45) is 0 Å². The van der Waals surface area contributed by atoms with Gasteiger partial charge in [0.2, 0.25) is 0 Å². The molecular weight excluding hydrogens is 318 g/mol. The molecular formula is C15H20ClN5O2. The third kappa shape index (κ3) is 4.33. The molecule has 1 saturated heterocycles. The Hall–Kier alpha value is -1.86. The van der Waals surface area contributed by atoms with Crippen LogP contribution in [0.5, 0.6) is 0 Å². The van der Waals surface area contributed by atoms with Crippen molar-refractivity contribution in [3.05, 3.63) is 35.4 Å². The van der Waals surface area contributed by atoms with E-state index in [0.29, 0.717) is 10.9 Å². The molecule has 2 aromatic rings. The SMILES string of the molecule is O=C(O)Cn1ccc([C@H]2CCCN(CCn3cc(Cl)cn3)C2)n1. The molecule has 0 bridgehead atoms. The molecule has 2 aromatic heterocycles. The molecule has 1 aliphatic heterocycles. The first-order chi connectivity index (χ1) is 11.1. The summed E-state index contributed by atoms with van der Waals surface area (Å²) < 4.78 is 3.34. The Labute approximate surface area is 139 Å². The molecule has 0 spiro atoms. The summed E-state index contributed by atoms with van der Waals surface area (Å²) in [4.78, 5) is 13.1. The average Bonchev–Trinajstić information content (AvgIpc) is 3.14. The first-order valence-electron chi connectivity index (χ1n) is 7.75. The summed E-state index contributed by atoms with van der Waals surface area (Å²) in [6.07, 6.45) is 7.44. The van der Waals surface area contributed by atoms with Crippen LogP contribution in [0, 0.1) is 0 Å². The number of hydrogen-bond acceptors (Lipinski definition) is 4. The van der Waals surface area contributed by atoms with Gasteiger partial charge in [-0.2, -0.15) is 10.2 Å². The van der Waals surface area contributed by atoms with Gasteiger partial charge >= 0.3 is 5.97 Å². The molecule has 23 heavy (non-hydrogen) atoms. The number of aliphatic carboxylic acids is 1. The number of hydrogen-bond donors (Lipinski definition) is 1. The summed E-state index contributed by atoms with van der Waals surface area (Å²) in [7, 11) is 0. The van der Waals surface area contributed by atoms with Crippen LogP contribution in [0.25, 0.3) is 0 Å². The fraction of sp³-hybridized carbons (Fsp3) is 0.533. The minimum Gasteiger partial charge on any atom is -0.480 e. The standard InChI is InChI=1S/C15H20ClN5O2/c16-13-8-17-20(10-13)7-6-19-4-1-2-12(9-19)14-3-5-21(18-14)11-15(22)23/h3,5,8,10,12H,1-2,4,6-7,9,11H2,(H,22,23)/t12-/m0/s1. The number of piperidine rings is 1. The van der Waals surface area contributed by atoms with Crippen molar-refractivity contribution in [1.82, 2.24) is 24.5 Å². The van der Waals surface area contributed by atoms with Crippen LogP contribution in [0.1, 0.15) is 24.5 Å². The third-order valence-electron chi connectivity index (χ3n) is 4.13. The maximum Gasteiger partial charge on any atom is 0.325 e. The fourth-order valence-corrected chi connectivity index (χ4v) is 3.18. The Morgan fingerprint density at radius 3 is 3.00 bits per heavy atom. The maximum absolute atomic E-state index is 10.7. The topological polar surface area (TPSA) is 76.2 Å². The molecule has 3 heterocycles. The lowest BCUT2D eigenvalue weighted by atomic mass is 9.95. The zero-order chi connectivity index (χ0) is 16.2. The predicted octanol–water partition coefficient (Wildman–Crippen LogP) is 1.70. The smallest absolute Gasteiger partial charge is 0.325 e. The first-order valence-corrected chi connectivity index (χ1v) is 8.13. The van der Waals surface area contributed by atoms with Gasteiger partial charge in [0.1, 0.15) is 6.54 Å². The Morgan fingerprint density at radius 1 is 1.39 bits per heavy atom. The molecule has 0 unspecified atom stereocenters. The monoisotopic (exact) mass is 337 g/mol. The number of halogens is 1. The van der Waals surface area contributed by atoms with Gasteiger partial charge in [-0.1, -0.05) is 11.6 Å². The molecule has 0 saturated carbocycles. The van der Waals surface area contributed by atoms with E-state index in [9.17, 15) is 4.79 Å². The van der Waals surface area contributed by atoms with Gasteiger partial charge in [-0.05, 0) is 25.5 Å². The average molecular weight is 338 g/mol. The van der Waals surface area contributed by atoms with Gasteiger partial charge in [0, 0.05) is 31.4 Å². The van der Waals surface area contributed by atoms with Crippen LogP contribution in [0.2, 0.25) is 5.02 Å². The van der Waals surface area contributed by atoms with E-state index in [1.54, 1.807) is 12.4 Å². The van der Waals surface area contributed by atoms with E-state index in [-0.39, 0.29) is 6.54 Å². The van der Waals surface area contributed by atoms with E-state index in [1.165, 1.54) is 4.68 Å². The molecule has 1 aliphatic rings. The number of carboxylic acid groups (broad SMARTS) is 1. The van der Waals surface area contributed by atoms with Crippen LogP contribution in [0.15, 0.2) is 24.7 Å². The van der Waals surface area contributed by atoms with Gasteiger partial charge in [0.25, 0.3) is 0 Å². The molecule has 8 heteroatoms. The van der Waals surface area contributed by atoms with E-state index in [1.807, 2.05) is 16.9 Å². The highest BCUT2D eigenvalue weighted by Gasteiger charge is 2.23. The first kappa shape index (κ1) is 16.0. The van der Waals surface area contributed by atoms with Crippen LogP contribution in [-0.4, -0.2) is 55.2 Å². The second-order valence-corrected chi connectivity index (χ2v) is 6.33. The highest BCUT2D eigenvalue weighted by Crippen LogP contribution is 2.25. The van der Waals surface area contributed by atoms with Crippen LogP contribution >= 0.6 is 11.6 Å². The predicted molar refractivity (Wildman–Crippen MR) is 85.5 cm³/mol. The summed E-state index contributed by atoms with van der Waals surface area (Å²) in [5.41, 5.74) is 0.984. The molecule has 1 fully saturated rings. The molecule has 0 amide bonds. The third-order valence-corrected chi connectivity index (χ3v) is 4.32. The number of carbonyl (C=O) groups is 1. The maximum atomic E-state index is 10.7. The van der Waals surface area contributed by atoms with Gasteiger partial charge in [-0.25, -0.2) is 0 Å². The van der Waals surface area contributed by atoms with Gasteiger partial charge in [-0.3, -0.25) is 14.2 Å². The van der Waals surface area contributed by atoms with E-state index in [2.05, 4.69) is 15.1 Å². The van der Waals surface area contributed by atoms with E-state index < -0.39 is 5.97 Å². The molecule has 124 valence electrons. The number of carboxylic acids is 1. The van der Waals surface area contributed by atoms with E-state index >= 15 is 0 Å². The summed E-state index contributed by atoms with van der Waals surface area (Å²) in [5.74, 6) is -0.511. The number of rotatable bonds is 6. The van der Waals surface area contributed by atoms with Crippen LogP contribution in [0.3, 0.4) is 0 Å². The van der Waals surface area contributed by atoms with Crippen molar-refractivity contribution in [2.45, 2.75) is 31.8 Å². The fourth-order valence-electron chi connectivity index (χ4n) is 3.03. The Bertz CT molecular complexity index is 668. The number of nitrogens with zero attached hydrogens (tertiary/aromatic N) is 5. The second kappa shape index (κ2) is 7.14. The molecule has 1 N–H and O–H groups in total. The van der Waals surface area contributed by atoms with Crippen molar-refractivity contribution >= 4 is 17.6 Å². The van der Waals surface area contributed by atoms with Gasteiger partial charge < -0.3 is 10.0 Å². The van der Waals surface area contributed by atoms with Crippen molar-refractivity contribution in [3.63, 3.8) is 0 Å². The minimum absolute atomic E-state index is 0.0868. The van der Waals surface area contributed by atoms with Crippen LogP contribution in [-0.2, 0) is 17.9 Å². The van der Waals surface area contributed by atoms with E-state index in [0.717, 1.165) is 44.7 Å². The van der Waals surface area contributed by atoms with Gasteiger partial charge in [0.15, 0.2) is 0 Å². The second-order valence-electron chi connectivity index (χ2n) is 5.89. The highest BCUT2D eigenvalue weighted by atomic mass is 35.5. The number of likely N-dealkylation sites (tertiary alicyclic amines) is 1. The zero-order valence-electron chi connectivity index (χ0n) is 12.8. The Morgan fingerprint density at radius 2 is 2.26 bits per heavy atom. The largest absolute Gasteiger partial charge is 0.480 e. The summed E-state index contributed by atoms with van der Waals surface area (Å²) >= 11 is 5.87.